The summed E-state index contributed by atoms with van der Waals surface area (Å²) in [5.74, 6) is -1.64. The molecule has 3 nitrogen and oxygen atoms in total. The van der Waals surface area contributed by atoms with Crippen LogP contribution in [-0.4, -0.2) is 11.1 Å². The molecule has 0 saturated heterocycles. The second-order valence-corrected chi connectivity index (χ2v) is 5.49. The Labute approximate surface area is 112 Å². The highest BCUT2D eigenvalue weighted by Gasteiger charge is 2.22. The van der Waals surface area contributed by atoms with Gasteiger partial charge < -0.3 is 9.52 Å². The molecule has 1 aromatic heterocycles. The Balaban J connectivity index is 2.76. The lowest BCUT2D eigenvalue weighted by molar-refractivity contribution is 0.0663. The van der Waals surface area contributed by atoms with Gasteiger partial charge in [-0.1, -0.05) is 29.8 Å². The number of halogens is 2. The van der Waals surface area contributed by atoms with Crippen molar-refractivity contribution in [2.75, 3.05) is 0 Å². The lowest BCUT2D eigenvalue weighted by Crippen LogP contribution is -2.02. The van der Waals surface area contributed by atoms with Crippen LogP contribution in [0.1, 0.15) is 30.0 Å². The molecule has 1 aromatic carbocycles. The molecule has 0 aliphatic carbocycles. The highest BCUT2D eigenvalue weighted by atomic mass is 79.9. The number of hydrogen-bond donors (Lipinski definition) is 1. The summed E-state index contributed by atoms with van der Waals surface area (Å²) in [4.78, 5) is 11.1. The first-order valence-corrected chi connectivity index (χ1v) is 6.33. The van der Waals surface area contributed by atoms with Crippen molar-refractivity contribution in [1.29, 1.82) is 0 Å². The Hall–Kier alpha value is -1.36. The zero-order chi connectivity index (χ0) is 13.4. The quantitative estimate of drug-likeness (QED) is 0.922. The van der Waals surface area contributed by atoms with Gasteiger partial charge in [0.05, 0.1) is 0 Å². The number of carboxylic acid groups (broad SMARTS) is 1. The molecule has 5 heteroatoms. The van der Waals surface area contributed by atoms with Crippen LogP contribution >= 0.6 is 15.9 Å². The van der Waals surface area contributed by atoms with Crippen molar-refractivity contribution in [2.45, 2.75) is 20.3 Å². The van der Waals surface area contributed by atoms with Crippen LogP contribution in [0.3, 0.4) is 0 Å². The molecule has 0 atom stereocenters. The van der Waals surface area contributed by atoms with Crippen molar-refractivity contribution in [3.63, 3.8) is 0 Å². The summed E-state index contributed by atoms with van der Waals surface area (Å²) in [6, 6.07) is 2.95. The van der Waals surface area contributed by atoms with Gasteiger partial charge in [0.1, 0.15) is 0 Å². The fraction of sp³-hybridized carbons (Fsp3) is 0.308. The number of fused-ring (bicyclic) bond motifs is 1. The van der Waals surface area contributed by atoms with E-state index in [9.17, 15) is 9.18 Å². The van der Waals surface area contributed by atoms with Crippen molar-refractivity contribution in [3.8, 4) is 0 Å². The minimum atomic E-state index is -1.17. The van der Waals surface area contributed by atoms with Crippen LogP contribution in [0.4, 0.5) is 4.39 Å². The molecule has 0 fully saturated rings. The van der Waals surface area contributed by atoms with E-state index >= 15 is 0 Å². The topological polar surface area (TPSA) is 50.4 Å². The molecule has 0 aliphatic rings. The molecule has 18 heavy (non-hydrogen) atoms. The predicted octanol–water partition coefficient (Wildman–Crippen LogP) is 4.23. The summed E-state index contributed by atoms with van der Waals surface area (Å²) >= 11 is 3.20. The van der Waals surface area contributed by atoms with Crippen LogP contribution in [0.5, 0.6) is 0 Å². The number of benzene rings is 1. The normalized spacial score (nSPS) is 11.4. The smallest absolute Gasteiger partial charge is 0.372 e. The first kappa shape index (κ1) is 13.1. The number of hydrogen-bond acceptors (Lipinski definition) is 2. The zero-order valence-corrected chi connectivity index (χ0v) is 11.5. The standard InChI is InChI=1S/C13H12BrFO3/c1-6(2)3-8-9-4-7(14)5-10(15)11(9)18-12(8)13(16)17/h4-6H,3H2,1-2H3,(H,16,17). The van der Waals surface area contributed by atoms with E-state index in [2.05, 4.69) is 15.9 Å². The van der Waals surface area contributed by atoms with Crippen LogP contribution in [-0.2, 0) is 6.42 Å². The van der Waals surface area contributed by atoms with Gasteiger partial charge in [0.2, 0.25) is 5.76 Å². The third-order valence-corrected chi connectivity index (χ3v) is 3.08. The van der Waals surface area contributed by atoms with Gasteiger partial charge in [-0.15, -0.1) is 0 Å². The molecular weight excluding hydrogens is 303 g/mol. The summed E-state index contributed by atoms with van der Waals surface area (Å²) in [6.45, 7) is 3.94. The predicted molar refractivity (Wildman–Crippen MR) is 69.4 cm³/mol. The zero-order valence-electron chi connectivity index (χ0n) is 9.96. The van der Waals surface area contributed by atoms with E-state index in [0.29, 0.717) is 21.8 Å². The summed E-state index contributed by atoms with van der Waals surface area (Å²) < 4.78 is 19.4. The lowest BCUT2D eigenvalue weighted by atomic mass is 10.00. The number of aromatic carboxylic acids is 1. The maximum Gasteiger partial charge on any atom is 0.372 e. The van der Waals surface area contributed by atoms with Crippen molar-refractivity contribution >= 4 is 32.9 Å². The lowest BCUT2D eigenvalue weighted by Gasteiger charge is -2.03. The Morgan fingerprint density at radius 1 is 1.50 bits per heavy atom. The van der Waals surface area contributed by atoms with Crippen LogP contribution in [0.2, 0.25) is 0 Å². The molecule has 1 heterocycles. The van der Waals surface area contributed by atoms with E-state index in [1.54, 1.807) is 6.07 Å². The Morgan fingerprint density at radius 2 is 2.17 bits per heavy atom. The van der Waals surface area contributed by atoms with E-state index in [-0.39, 0.29) is 17.3 Å². The van der Waals surface area contributed by atoms with Gasteiger partial charge >= 0.3 is 5.97 Å². The maximum atomic E-state index is 13.7. The highest BCUT2D eigenvalue weighted by molar-refractivity contribution is 9.10. The molecule has 2 aromatic rings. The molecule has 2 rings (SSSR count). The first-order valence-electron chi connectivity index (χ1n) is 5.54. The monoisotopic (exact) mass is 314 g/mol. The summed E-state index contributed by atoms with van der Waals surface area (Å²) in [7, 11) is 0. The molecular formula is C13H12BrFO3. The molecule has 96 valence electrons. The summed E-state index contributed by atoms with van der Waals surface area (Å²) in [5.41, 5.74) is 0.555. The van der Waals surface area contributed by atoms with E-state index in [1.807, 2.05) is 13.8 Å². The van der Waals surface area contributed by atoms with Crippen molar-refractivity contribution in [3.05, 3.63) is 33.7 Å². The Kier molecular flexibility index (Phi) is 3.43. The van der Waals surface area contributed by atoms with Crippen LogP contribution < -0.4 is 0 Å². The first-order chi connectivity index (χ1) is 8.40. The molecule has 0 amide bonds. The molecule has 1 N–H and O–H groups in total. The Bertz CT molecular complexity index is 616. The van der Waals surface area contributed by atoms with E-state index in [0.717, 1.165) is 0 Å². The molecule has 0 radical (unpaired) electrons. The maximum absolute atomic E-state index is 13.7. The van der Waals surface area contributed by atoms with E-state index < -0.39 is 11.8 Å². The molecule has 0 bridgehead atoms. The highest BCUT2D eigenvalue weighted by Crippen LogP contribution is 2.32. The molecule has 0 unspecified atom stereocenters. The largest absolute Gasteiger partial charge is 0.475 e. The average Bonchev–Trinajstić information content (AvgIpc) is 2.57. The number of furan rings is 1. The third-order valence-electron chi connectivity index (χ3n) is 2.62. The minimum Gasteiger partial charge on any atom is -0.475 e. The van der Waals surface area contributed by atoms with Crippen molar-refractivity contribution in [1.82, 2.24) is 0 Å². The molecule has 0 aliphatic heterocycles. The van der Waals surface area contributed by atoms with Crippen molar-refractivity contribution in [2.24, 2.45) is 5.92 Å². The number of carboxylic acids is 1. The van der Waals surface area contributed by atoms with Gasteiger partial charge in [-0.2, -0.15) is 0 Å². The number of rotatable bonds is 3. The molecule has 0 spiro atoms. The number of carbonyl (C=O) groups is 1. The Morgan fingerprint density at radius 3 is 2.72 bits per heavy atom. The SMILES string of the molecule is CC(C)Cc1c(C(=O)O)oc2c(F)cc(Br)cc12. The third kappa shape index (κ3) is 2.27. The van der Waals surface area contributed by atoms with Crippen LogP contribution in [0.15, 0.2) is 21.0 Å². The van der Waals surface area contributed by atoms with Gasteiger partial charge in [0, 0.05) is 15.4 Å². The summed E-state index contributed by atoms with van der Waals surface area (Å²) in [5, 5.41) is 9.63. The minimum absolute atomic E-state index is 0.00579. The van der Waals surface area contributed by atoms with Gasteiger partial charge in [-0.25, -0.2) is 9.18 Å². The van der Waals surface area contributed by atoms with Crippen LogP contribution in [0, 0.1) is 11.7 Å². The average molecular weight is 315 g/mol. The second kappa shape index (κ2) is 4.72. The van der Waals surface area contributed by atoms with Gasteiger partial charge in [-0.3, -0.25) is 0 Å². The van der Waals surface area contributed by atoms with E-state index in [4.69, 9.17) is 9.52 Å². The van der Waals surface area contributed by atoms with Gasteiger partial charge in [-0.05, 0) is 24.5 Å². The molecule has 0 saturated carbocycles. The van der Waals surface area contributed by atoms with Gasteiger partial charge in [0.15, 0.2) is 11.4 Å². The fourth-order valence-electron chi connectivity index (χ4n) is 1.96. The van der Waals surface area contributed by atoms with Crippen LogP contribution in [0.25, 0.3) is 11.0 Å². The van der Waals surface area contributed by atoms with Gasteiger partial charge in [0.25, 0.3) is 0 Å². The second-order valence-electron chi connectivity index (χ2n) is 4.58. The van der Waals surface area contributed by atoms with Crippen molar-refractivity contribution < 1.29 is 18.7 Å². The van der Waals surface area contributed by atoms with E-state index in [1.165, 1.54) is 6.07 Å². The summed E-state index contributed by atoms with van der Waals surface area (Å²) in [6.07, 6.45) is 0.532. The fourth-order valence-corrected chi connectivity index (χ4v) is 2.39.